The van der Waals surface area contributed by atoms with Gasteiger partial charge in [0, 0.05) is 18.3 Å². The Bertz CT molecular complexity index is 711. The van der Waals surface area contributed by atoms with Gasteiger partial charge in [-0.05, 0) is 74.0 Å². The highest BCUT2D eigenvalue weighted by molar-refractivity contribution is 5.45. The summed E-state index contributed by atoms with van der Waals surface area (Å²) in [5.41, 5.74) is 4.99. The Kier molecular flexibility index (Phi) is 3.68. The van der Waals surface area contributed by atoms with Crippen LogP contribution in [0.1, 0.15) is 65.2 Å². The van der Waals surface area contributed by atoms with Crippen LogP contribution in [0.15, 0.2) is 34.9 Å². The molecule has 3 heteroatoms. The summed E-state index contributed by atoms with van der Waals surface area (Å²) in [6, 6.07) is 0. The number of hydrogen-bond acceptors (Lipinski definition) is 3. The number of ether oxygens (including phenoxy) is 2. The van der Waals surface area contributed by atoms with Crippen molar-refractivity contribution in [2.45, 2.75) is 76.6 Å². The minimum Gasteiger partial charge on any atom is -0.385 e. The average molecular weight is 357 g/mol. The molecule has 4 atom stereocenters. The topological polar surface area (TPSA) is 38.7 Å². The van der Waals surface area contributed by atoms with E-state index in [1.807, 2.05) is 6.92 Å². The van der Waals surface area contributed by atoms with Crippen LogP contribution in [0.3, 0.4) is 0 Å². The molecule has 5 aliphatic rings. The van der Waals surface area contributed by atoms with Gasteiger partial charge in [0.15, 0.2) is 5.79 Å². The van der Waals surface area contributed by atoms with Crippen molar-refractivity contribution in [1.82, 2.24) is 0 Å². The molecule has 0 bridgehead atoms. The first-order valence-electron chi connectivity index (χ1n) is 10.5. The first kappa shape index (κ1) is 17.2. The van der Waals surface area contributed by atoms with Crippen molar-refractivity contribution in [1.29, 1.82) is 0 Å². The third kappa shape index (κ3) is 2.11. The Balaban J connectivity index is 1.49. The van der Waals surface area contributed by atoms with E-state index in [0.717, 1.165) is 57.3 Å². The summed E-state index contributed by atoms with van der Waals surface area (Å²) in [6.45, 7) is 9.96. The monoisotopic (exact) mass is 356 g/mol. The van der Waals surface area contributed by atoms with Crippen LogP contribution in [-0.4, -0.2) is 29.7 Å². The van der Waals surface area contributed by atoms with Crippen molar-refractivity contribution >= 4 is 0 Å². The molecule has 0 amide bonds. The maximum Gasteiger partial charge on any atom is 0.172 e. The average Bonchev–Trinajstić information content (AvgIpc) is 3.18. The molecule has 0 radical (unpaired) electrons. The van der Waals surface area contributed by atoms with Gasteiger partial charge in [0.1, 0.15) is 0 Å². The predicted molar refractivity (Wildman–Crippen MR) is 102 cm³/mol. The van der Waals surface area contributed by atoms with Gasteiger partial charge in [0.05, 0.1) is 18.8 Å². The van der Waals surface area contributed by atoms with Gasteiger partial charge >= 0.3 is 0 Å². The summed E-state index contributed by atoms with van der Waals surface area (Å²) < 4.78 is 12.0. The molecular formula is C23H32O3. The Labute approximate surface area is 157 Å². The van der Waals surface area contributed by atoms with Crippen molar-refractivity contribution in [3.63, 3.8) is 0 Å². The normalized spacial score (nSPS) is 43.7. The first-order valence-corrected chi connectivity index (χ1v) is 10.5. The molecule has 1 saturated heterocycles. The highest BCUT2D eigenvalue weighted by Gasteiger charge is 2.60. The standard InChI is InChI=1S/C23H32O3/c1-15(2)23(24)11-8-20-19-5-4-16-14-22(25-12-13-26-22)10-7-17(16)18(19)6-9-21(20,23)3/h6,19-20,24H,1,4-5,7-14H2,2-3H3/t19-,20+,21+,23+/m1/s1. The number of hydrogen-bond donors (Lipinski definition) is 1. The van der Waals surface area contributed by atoms with E-state index < -0.39 is 5.60 Å². The third-order valence-corrected chi connectivity index (χ3v) is 8.50. The zero-order valence-electron chi connectivity index (χ0n) is 16.3. The van der Waals surface area contributed by atoms with E-state index >= 15 is 0 Å². The second-order valence-corrected chi connectivity index (χ2v) is 9.58. The van der Waals surface area contributed by atoms with Crippen LogP contribution in [-0.2, 0) is 9.47 Å². The minimum absolute atomic E-state index is 0.0569. The number of fused-ring (bicyclic) bond motifs is 4. The van der Waals surface area contributed by atoms with Gasteiger partial charge in [-0.25, -0.2) is 0 Å². The van der Waals surface area contributed by atoms with Gasteiger partial charge in [-0.3, -0.25) is 0 Å². The lowest BCUT2D eigenvalue weighted by atomic mass is 9.55. The minimum atomic E-state index is -0.698. The number of aliphatic hydroxyl groups is 1. The number of allylic oxidation sites excluding steroid dienone is 3. The van der Waals surface area contributed by atoms with Crippen molar-refractivity contribution in [3.8, 4) is 0 Å². The zero-order valence-corrected chi connectivity index (χ0v) is 16.3. The molecule has 5 rings (SSSR count). The molecule has 26 heavy (non-hydrogen) atoms. The van der Waals surface area contributed by atoms with Crippen molar-refractivity contribution < 1.29 is 14.6 Å². The van der Waals surface area contributed by atoms with Gasteiger partial charge in [0.25, 0.3) is 0 Å². The fourth-order valence-electron chi connectivity index (χ4n) is 7.01. The molecule has 1 N–H and O–H groups in total. The second-order valence-electron chi connectivity index (χ2n) is 9.58. The molecule has 1 heterocycles. The molecule has 0 aromatic carbocycles. The largest absolute Gasteiger partial charge is 0.385 e. The van der Waals surface area contributed by atoms with Crippen LogP contribution in [0.25, 0.3) is 0 Å². The Morgan fingerprint density at radius 2 is 1.96 bits per heavy atom. The fraction of sp³-hybridized carbons (Fsp3) is 0.739. The summed E-state index contributed by atoms with van der Waals surface area (Å²) in [5.74, 6) is 0.872. The highest BCUT2D eigenvalue weighted by atomic mass is 16.7. The van der Waals surface area contributed by atoms with E-state index in [1.54, 1.807) is 16.7 Å². The molecule has 2 fully saturated rings. The molecule has 0 unspecified atom stereocenters. The van der Waals surface area contributed by atoms with Crippen molar-refractivity contribution in [3.05, 3.63) is 34.9 Å². The van der Waals surface area contributed by atoms with Gasteiger partial charge in [-0.2, -0.15) is 0 Å². The van der Waals surface area contributed by atoms with E-state index in [9.17, 15) is 5.11 Å². The lowest BCUT2D eigenvalue weighted by molar-refractivity contribution is -0.164. The molecule has 3 nitrogen and oxygen atoms in total. The van der Waals surface area contributed by atoms with E-state index in [4.69, 9.17) is 9.47 Å². The van der Waals surface area contributed by atoms with Crippen LogP contribution in [0.4, 0.5) is 0 Å². The summed E-state index contributed by atoms with van der Waals surface area (Å²) >= 11 is 0. The summed E-state index contributed by atoms with van der Waals surface area (Å²) in [4.78, 5) is 0. The molecule has 1 aliphatic heterocycles. The van der Waals surface area contributed by atoms with Crippen molar-refractivity contribution in [2.24, 2.45) is 17.3 Å². The second kappa shape index (κ2) is 5.56. The molecule has 142 valence electrons. The zero-order chi connectivity index (χ0) is 18.2. The van der Waals surface area contributed by atoms with E-state index in [2.05, 4.69) is 19.6 Å². The van der Waals surface area contributed by atoms with Crippen LogP contribution in [0.5, 0.6) is 0 Å². The predicted octanol–water partition coefficient (Wildman–Crippen LogP) is 4.67. The molecule has 4 aliphatic carbocycles. The lowest BCUT2D eigenvalue weighted by Gasteiger charge is -2.51. The van der Waals surface area contributed by atoms with E-state index in [-0.39, 0.29) is 11.2 Å². The number of rotatable bonds is 1. The van der Waals surface area contributed by atoms with E-state index in [1.165, 1.54) is 12.8 Å². The maximum absolute atomic E-state index is 11.4. The van der Waals surface area contributed by atoms with Gasteiger partial charge in [-0.15, -0.1) is 0 Å². The Morgan fingerprint density at radius 1 is 1.19 bits per heavy atom. The van der Waals surface area contributed by atoms with Gasteiger partial charge in [-0.1, -0.05) is 25.2 Å². The molecule has 1 spiro atoms. The molecule has 1 saturated carbocycles. The smallest absolute Gasteiger partial charge is 0.172 e. The van der Waals surface area contributed by atoms with Gasteiger partial charge in [0.2, 0.25) is 0 Å². The Morgan fingerprint density at radius 3 is 2.69 bits per heavy atom. The molecule has 0 aromatic heterocycles. The summed E-state index contributed by atoms with van der Waals surface area (Å²) in [7, 11) is 0. The quantitative estimate of drug-likeness (QED) is 0.694. The summed E-state index contributed by atoms with van der Waals surface area (Å²) in [6.07, 6.45) is 10.9. The van der Waals surface area contributed by atoms with Crippen LogP contribution < -0.4 is 0 Å². The maximum atomic E-state index is 11.4. The Hall–Kier alpha value is -0.900. The SMILES string of the molecule is C=C(C)[C@@]1(O)CC[C@H]2[C@@H]3CCC4=C(CCC5(C4)OCCO5)C3=CC[C@@]21C. The van der Waals surface area contributed by atoms with Crippen LogP contribution in [0.2, 0.25) is 0 Å². The van der Waals surface area contributed by atoms with Crippen LogP contribution >= 0.6 is 0 Å². The lowest BCUT2D eigenvalue weighted by Crippen LogP contribution is -2.49. The highest BCUT2D eigenvalue weighted by Crippen LogP contribution is 2.64. The summed E-state index contributed by atoms with van der Waals surface area (Å²) in [5, 5.41) is 11.4. The van der Waals surface area contributed by atoms with Crippen molar-refractivity contribution in [2.75, 3.05) is 13.2 Å². The fourth-order valence-corrected chi connectivity index (χ4v) is 7.01. The van der Waals surface area contributed by atoms with Crippen LogP contribution in [0, 0.1) is 17.3 Å². The molecular weight excluding hydrogens is 324 g/mol. The van der Waals surface area contributed by atoms with E-state index in [0.29, 0.717) is 11.8 Å². The molecule has 0 aromatic rings. The third-order valence-electron chi connectivity index (χ3n) is 8.50. The van der Waals surface area contributed by atoms with Gasteiger partial charge < -0.3 is 14.6 Å². The first-order chi connectivity index (χ1) is 12.4.